The average Bonchev–Trinajstić information content (AvgIpc) is 3.42. The number of terminal acetylenes is 1. The molecular formula is C26H21FN6O2. The highest BCUT2D eigenvalue weighted by Gasteiger charge is 2.36. The fraction of sp³-hybridized carbons (Fsp3) is 0.231. The number of fused-ring (bicyclic) bond motifs is 1. The lowest BCUT2D eigenvalue weighted by Crippen LogP contribution is -2.13. The monoisotopic (exact) mass is 468 g/mol. The zero-order chi connectivity index (χ0) is 24.9. The van der Waals surface area contributed by atoms with Crippen molar-refractivity contribution in [2.45, 2.75) is 26.0 Å². The first-order valence-corrected chi connectivity index (χ1v) is 11.0. The zero-order valence-electron chi connectivity index (χ0n) is 19.1. The maximum Gasteiger partial charge on any atom is 0.272 e. The summed E-state index contributed by atoms with van der Waals surface area (Å²) in [4.78, 5) is 12.2. The third kappa shape index (κ3) is 3.63. The van der Waals surface area contributed by atoms with Crippen LogP contribution in [0.3, 0.4) is 0 Å². The first kappa shape index (κ1) is 22.3. The normalized spacial score (nSPS) is 16.6. The van der Waals surface area contributed by atoms with E-state index in [4.69, 9.17) is 16.9 Å². The SMILES string of the molecule is C#Cc1cc(OC2CC2C)c(C#N)c(-c2c(-c3ccc4c(=O)[nH]nc(CN)c4c3)cnn2C)c1F. The number of hydrogen-bond donors (Lipinski definition) is 2. The maximum atomic E-state index is 15.7. The van der Waals surface area contributed by atoms with Gasteiger partial charge in [-0.3, -0.25) is 9.48 Å². The van der Waals surface area contributed by atoms with E-state index in [0.717, 1.165) is 6.42 Å². The van der Waals surface area contributed by atoms with Gasteiger partial charge < -0.3 is 10.5 Å². The van der Waals surface area contributed by atoms with E-state index in [1.54, 1.807) is 31.4 Å². The molecule has 0 radical (unpaired) electrons. The first-order valence-electron chi connectivity index (χ1n) is 11.0. The van der Waals surface area contributed by atoms with Crippen LogP contribution in [0.1, 0.15) is 30.2 Å². The highest BCUT2D eigenvalue weighted by Crippen LogP contribution is 2.42. The van der Waals surface area contributed by atoms with Gasteiger partial charge >= 0.3 is 0 Å². The molecule has 5 rings (SSSR count). The van der Waals surface area contributed by atoms with Crippen LogP contribution in [-0.2, 0) is 13.6 Å². The van der Waals surface area contributed by atoms with Crippen molar-refractivity contribution < 1.29 is 9.13 Å². The number of nitrogens with zero attached hydrogens (tertiary/aromatic N) is 4. The van der Waals surface area contributed by atoms with Crippen molar-refractivity contribution in [1.29, 1.82) is 5.26 Å². The molecule has 0 amide bonds. The Labute approximate surface area is 200 Å². The number of aromatic amines is 1. The summed E-state index contributed by atoms with van der Waals surface area (Å²) in [5.41, 5.74) is 7.61. The Morgan fingerprint density at radius 2 is 2.14 bits per heavy atom. The lowest BCUT2D eigenvalue weighted by molar-refractivity contribution is 0.287. The van der Waals surface area contributed by atoms with Crippen LogP contribution >= 0.6 is 0 Å². The Morgan fingerprint density at radius 3 is 2.80 bits per heavy atom. The van der Waals surface area contributed by atoms with E-state index < -0.39 is 5.82 Å². The lowest BCUT2D eigenvalue weighted by atomic mass is 9.94. The van der Waals surface area contributed by atoms with Gasteiger partial charge in [-0.1, -0.05) is 18.9 Å². The Kier molecular flexibility index (Phi) is 5.35. The van der Waals surface area contributed by atoms with E-state index in [1.807, 2.05) is 6.92 Å². The van der Waals surface area contributed by atoms with Gasteiger partial charge in [-0.15, -0.1) is 6.42 Å². The van der Waals surface area contributed by atoms with Gasteiger partial charge in [0, 0.05) is 30.6 Å². The minimum Gasteiger partial charge on any atom is -0.489 e. The molecule has 2 aromatic carbocycles. The number of nitrogens with one attached hydrogen (secondary N) is 1. The second-order valence-electron chi connectivity index (χ2n) is 8.61. The molecule has 35 heavy (non-hydrogen) atoms. The van der Waals surface area contributed by atoms with Crippen LogP contribution < -0.4 is 16.0 Å². The molecule has 1 aliphatic carbocycles. The number of rotatable bonds is 5. The molecule has 0 saturated heterocycles. The van der Waals surface area contributed by atoms with Crippen LogP contribution in [0.15, 0.2) is 35.3 Å². The smallest absolute Gasteiger partial charge is 0.272 e. The number of H-pyrrole nitrogens is 1. The molecule has 0 bridgehead atoms. The van der Waals surface area contributed by atoms with Gasteiger partial charge in [0.15, 0.2) is 0 Å². The topological polar surface area (TPSA) is 123 Å². The van der Waals surface area contributed by atoms with Crippen LogP contribution in [-0.4, -0.2) is 26.1 Å². The van der Waals surface area contributed by atoms with Crippen molar-refractivity contribution >= 4 is 10.8 Å². The molecule has 0 aliphatic heterocycles. The van der Waals surface area contributed by atoms with Gasteiger partial charge in [0.25, 0.3) is 5.56 Å². The average molecular weight is 468 g/mol. The minimum atomic E-state index is -0.702. The minimum absolute atomic E-state index is 0.00545. The Balaban J connectivity index is 1.77. The summed E-state index contributed by atoms with van der Waals surface area (Å²) >= 11 is 0. The summed E-state index contributed by atoms with van der Waals surface area (Å²) in [6, 6.07) is 8.66. The third-order valence-electron chi connectivity index (χ3n) is 6.36. The van der Waals surface area contributed by atoms with Gasteiger partial charge in [0.1, 0.15) is 29.3 Å². The number of aromatic nitrogens is 4. The number of nitriles is 1. The predicted octanol–water partition coefficient (Wildman–Crippen LogP) is 3.23. The molecule has 2 unspecified atom stereocenters. The largest absolute Gasteiger partial charge is 0.489 e. The van der Waals surface area contributed by atoms with E-state index >= 15 is 4.39 Å². The zero-order valence-corrected chi connectivity index (χ0v) is 19.1. The van der Waals surface area contributed by atoms with Crippen LogP contribution in [0.25, 0.3) is 33.2 Å². The van der Waals surface area contributed by atoms with Crippen LogP contribution in [0.5, 0.6) is 5.75 Å². The standard InChI is InChI=1S/C26H21FN6O2/c1-4-14-9-22(35-21-7-13(21)2)18(10-28)23(24(14)27)25-19(12-30-33(25)3)15-5-6-16-17(8-15)20(11-29)31-32-26(16)34/h1,5-6,8-9,12-13,21H,7,11,29H2,2-3H3,(H,32,34). The summed E-state index contributed by atoms with van der Waals surface area (Å²) in [5.74, 6) is 2.26. The Hall–Kier alpha value is -4.47. The van der Waals surface area contributed by atoms with Crippen molar-refractivity contribution in [2.24, 2.45) is 18.7 Å². The van der Waals surface area contributed by atoms with E-state index in [0.29, 0.717) is 39.2 Å². The van der Waals surface area contributed by atoms with Crippen molar-refractivity contribution in [1.82, 2.24) is 20.0 Å². The molecule has 1 fully saturated rings. The van der Waals surface area contributed by atoms with Gasteiger partial charge in [-0.25, -0.2) is 9.49 Å². The van der Waals surface area contributed by atoms with Crippen LogP contribution in [0.4, 0.5) is 4.39 Å². The summed E-state index contributed by atoms with van der Waals surface area (Å²) in [6.07, 6.45) is 7.99. The molecule has 2 atom stereocenters. The lowest BCUT2D eigenvalue weighted by Gasteiger charge is -2.16. The number of halogens is 1. The second-order valence-corrected chi connectivity index (χ2v) is 8.61. The Bertz CT molecular complexity index is 1640. The number of benzene rings is 2. The van der Waals surface area contributed by atoms with Gasteiger partial charge in [0.05, 0.1) is 34.1 Å². The summed E-state index contributed by atoms with van der Waals surface area (Å²) in [7, 11) is 1.66. The van der Waals surface area contributed by atoms with E-state index in [2.05, 4.69) is 27.3 Å². The molecule has 174 valence electrons. The molecule has 0 spiro atoms. The van der Waals surface area contributed by atoms with Crippen molar-refractivity contribution in [2.75, 3.05) is 0 Å². The third-order valence-corrected chi connectivity index (χ3v) is 6.36. The molecule has 4 aromatic rings. The molecule has 8 nitrogen and oxygen atoms in total. The molecule has 1 saturated carbocycles. The Morgan fingerprint density at radius 1 is 1.37 bits per heavy atom. The quantitative estimate of drug-likeness (QED) is 0.434. The van der Waals surface area contributed by atoms with Crippen LogP contribution in [0, 0.1) is 35.4 Å². The number of hydrogen-bond acceptors (Lipinski definition) is 6. The predicted molar refractivity (Wildman–Crippen MR) is 129 cm³/mol. The van der Waals surface area contributed by atoms with Crippen molar-refractivity contribution in [3.8, 4) is 46.5 Å². The summed E-state index contributed by atoms with van der Waals surface area (Å²) in [6.45, 7) is 2.16. The molecule has 3 N–H and O–H groups in total. The fourth-order valence-corrected chi connectivity index (χ4v) is 4.27. The maximum absolute atomic E-state index is 15.7. The first-order chi connectivity index (χ1) is 16.9. The summed E-state index contributed by atoms with van der Waals surface area (Å²) < 4.78 is 23.2. The number of aryl methyl sites for hydroxylation is 1. The number of nitrogens with two attached hydrogens (primary N) is 1. The molecule has 9 heteroatoms. The fourth-order valence-electron chi connectivity index (χ4n) is 4.27. The van der Waals surface area contributed by atoms with E-state index in [9.17, 15) is 10.1 Å². The number of ether oxygens (including phenoxy) is 1. The van der Waals surface area contributed by atoms with Gasteiger partial charge in [-0.2, -0.15) is 15.5 Å². The van der Waals surface area contributed by atoms with Gasteiger partial charge in [0.2, 0.25) is 0 Å². The second kappa shape index (κ2) is 8.39. The highest BCUT2D eigenvalue weighted by atomic mass is 19.1. The van der Waals surface area contributed by atoms with E-state index in [1.165, 1.54) is 10.7 Å². The molecule has 2 aromatic heterocycles. The van der Waals surface area contributed by atoms with E-state index in [-0.39, 0.29) is 40.6 Å². The van der Waals surface area contributed by atoms with Crippen molar-refractivity contribution in [3.05, 3.63) is 63.5 Å². The molecule has 2 heterocycles. The van der Waals surface area contributed by atoms with Gasteiger partial charge in [-0.05, 0) is 30.0 Å². The summed E-state index contributed by atoms with van der Waals surface area (Å²) in [5, 5.41) is 21.9. The highest BCUT2D eigenvalue weighted by molar-refractivity contribution is 5.92. The van der Waals surface area contributed by atoms with Crippen molar-refractivity contribution in [3.63, 3.8) is 0 Å². The molecular weight excluding hydrogens is 447 g/mol. The van der Waals surface area contributed by atoms with Crippen LogP contribution in [0.2, 0.25) is 0 Å². The molecule has 1 aliphatic rings.